The van der Waals surface area contributed by atoms with Gasteiger partial charge in [0.05, 0.1) is 4.34 Å². The van der Waals surface area contributed by atoms with Crippen LogP contribution < -0.4 is 5.32 Å². The minimum Gasteiger partial charge on any atom is -0.307 e. The van der Waals surface area contributed by atoms with Crippen LogP contribution in [0.25, 0.3) is 0 Å². The minimum atomic E-state index is 0.535. The third-order valence-corrected chi connectivity index (χ3v) is 5.13. The Morgan fingerprint density at radius 3 is 3.00 bits per heavy atom. The van der Waals surface area contributed by atoms with E-state index in [9.17, 15) is 0 Å². The number of rotatable bonds is 5. The zero-order chi connectivity index (χ0) is 12.4. The number of fused-ring (bicyclic) bond motifs is 1. The topological polar surface area (TPSA) is 12.0 Å². The van der Waals surface area contributed by atoms with E-state index in [1.807, 2.05) is 0 Å². The molecule has 0 spiro atoms. The van der Waals surface area contributed by atoms with Gasteiger partial charge in [0.25, 0.3) is 0 Å². The van der Waals surface area contributed by atoms with Gasteiger partial charge in [0.15, 0.2) is 0 Å². The van der Waals surface area contributed by atoms with Crippen LogP contribution in [0.4, 0.5) is 0 Å². The average molecular weight is 272 g/mol. The van der Waals surface area contributed by atoms with E-state index < -0.39 is 0 Å². The molecule has 0 fully saturated rings. The van der Waals surface area contributed by atoms with Crippen molar-refractivity contribution in [3.63, 3.8) is 0 Å². The van der Waals surface area contributed by atoms with Gasteiger partial charge in [-0.2, -0.15) is 0 Å². The molecule has 3 heteroatoms. The quantitative estimate of drug-likeness (QED) is 0.811. The zero-order valence-electron chi connectivity index (χ0n) is 10.9. The fourth-order valence-electron chi connectivity index (χ4n) is 2.68. The highest BCUT2D eigenvalue weighted by Crippen LogP contribution is 2.39. The highest BCUT2D eigenvalue weighted by atomic mass is 35.5. The Morgan fingerprint density at radius 2 is 2.29 bits per heavy atom. The van der Waals surface area contributed by atoms with Crippen LogP contribution in [0.3, 0.4) is 0 Å². The molecular weight excluding hydrogens is 250 g/mol. The van der Waals surface area contributed by atoms with E-state index in [0.29, 0.717) is 12.1 Å². The number of nitrogens with one attached hydrogen (secondary N) is 1. The van der Waals surface area contributed by atoms with Gasteiger partial charge in [0.1, 0.15) is 0 Å². The molecule has 1 nitrogen and oxygen atoms in total. The fourth-order valence-corrected chi connectivity index (χ4v) is 4.04. The molecule has 1 aliphatic rings. The molecule has 0 saturated carbocycles. The number of hydrogen-bond acceptors (Lipinski definition) is 2. The molecule has 1 aromatic heterocycles. The lowest BCUT2D eigenvalue weighted by Gasteiger charge is -2.22. The van der Waals surface area contributed by atoms with Gasteiger partial charge in [-0.1, -0.05) is 31.9 Å². The van der Waals surface area contributed by atoms with Crippen molar-refractivity contribution in [2.24, 2.45) is 5.92 Å². The van der Waals surface area contributed by atoms with Crippen LogP contribution in [-0.4, -0.2) is 6.04 Å². The molecule has 1 heterocycles. The molecule has 3 unspecified atom stereocenters. The average Bonchev–Trinajstić information content (AvgIpc) is 2.79. The van der Waals surface area contributed by atoms with E-state index in [1.165, 1.54) is 36.1 Å². The van der Waals surface area contributed by atoms with E-state index >= 15 is 0 Å². The summed E-state index contributed by atoms with van der Waals surface area (Å²) in [6.45, 7) is 6.90. The molecule has 1 N–H and O–H groups in total. The van der Waals surface area contributed by atoms with Crippen molar-refractivity contribution in [3.05, 3.63) is 20.8 Å². The largest absolute Gasteiger partial charge is 0.307 e. The maximum atomic E-state index is 6.08. The summed E-state index contributed by atoms with van der Waals surface area (Å²) in [6.07, 6.45) is 4.97. The molecular formula is C14H22ClNS. The second-order valence-corrected chi connectivity index (χ2v) is 7.11. The zero-order valence-corrected chi connectivity index (χ0v) is 12.5. The van der Waals surface area contributed by atoms with Crippen LogP contribution in [0.1, 0.15) is 56.5 Å². The summed E-state index contributed by atoms with van der Waals surface area (Å²) in [5.74, 6) is 0.810. The predicted molar refractivity (Wildman–Crippen MR) is 77.1 cm³/mol. The van der Waals surface area contributed by atoms with Crippen molar-refractivity contribution in [1.29, 1.82) is 0 Å². The van der Waals surface area contributed by atoms with E-state index in [2.05, 4.69) is 32.2 Å². The van der Waals surface area contributed by atoms with Crippen molar-refractivity contribution in [2.45, 2.75) is 58.5 Å². The van der Waals surface area contributed by atoms with E-state index in [1.54, 1.807) is 11.3 Å². The first-order chi connectivity index (χ1) is 8.10. The third kappa shape index (κ3) is 3.24. The number of aryl methyl sites for hydroxylation is 1. The molecule has 0 aromatic carbocycles. The Bertz CT molecular complexity index is 374. The SMILES string of the molecule is CCC(C)CC(C)NC1CCc2sc(Cl)cc21. The maximum absolute atomic E-state index is 6.08. The van der Waals surface area contributed by atoms with Crippen molar-refractivity contribution in [2.75, 3.05) is 0 Å². The molecule has 1 aliphatic carbocycles. The predicted octanol–water partition coefficient (Wildman–Crippen LogP) is 4.80. The highest BCUT2D eigenvalue weighted by Gasteiger charge is 2.26. The van der Waals surface area contributed by atoms with E-state index in [0.717, 1.165) is 10.3 Å². The van der Waals surface area contributed by atoms with Crippen molar-refractivity contribution in [3.8, 4) is 0 Å². The molecule has 0 amide bonds. The van der Waals surface area contributed by atoms with Crippen LogP contribution in [0.2, 0.25) is 4.34 Å². The van der Waals surface area contributed by atoms with Crippen LogP contribution >= 0.6 is 22.9 Å². The molecule has 2 rings (SSSR count). The molecule has 96 valence electrons. The summed E-state index contributed by atoms with van der Waals surface area (Å²) < 4.78 is 0.941. The van der Waals surface area contributed by atoms with Gasteiger partial charge in [0.2, 0.25) is 0 Å². The van der Waals surface area contributed by atoms with Gasteiger partial charge < -0.3 is 5.32 Å². The summed E-state index contributed by atoms with van der Waals surface area (Å²) in [7, 11) is 0. The minimum absolute atomic E-state index is 0.535. The molecule has 0 saturated heterocycles. The fraction of sp³-hybridized carbons (Fsp3) is 0.714. The van der Waals surface area contributed by atoms with Crippen LogP contribution in [0, 0.1) is 5.92 Å². The second kappa shape index (κ2) is 5.73. The van der Waals surface area contributed by atoms with Gasteiger partial charge in [0, 0.05) is 17.0 Å². The molecule has 17 heavy (non-hydrogen) atoms. The van der Waals surface area contributed by atoms with Crippen LogP contribution in [-0.2, 0) is 6.42 Å². The van der Waals surface area contributed by atoms with Gasteiger partial charge >= 0.3 is 0 Å². The second-order valence-electron chi connectivity index (χ2n) is 5.34. The summed E-state index contributed by atoms with van der Waals surface area (Å²) in [5, 5.41) is 3.76. The lowest BCUT2D eigenvalue weighted by atomic mass is 9.99. The molecule has 0 bridgehead atoms. The Morgan fingerprint density at radius 1 is 1.53 bits per heavy atom. The molecule has 1 aromatic rings. The van der Waals surface area contributed by atoms with Crippen molar-refractivity contribution >= 4 is 22.9 Å². The van der Waals surface area contributed by atoms with Gasteiger partial charge in [-0.25, -0.2) is 0 Å². The monoisotopic (exact) mass is 271 g/mol. The maximum Gasteiger partial charge on any atom is 0.0934 e. The first-order valence-electron chi connectivity index (χ1n) is 6.64. The Balaban J connectivity index is 1.92. The number of thiophene rings is 1. The van der Waals surface area contributed by atoms with E-state index in [-0.39, 0.29) is 0 Å². The van der Waals surface area contributed by atoms with E-state index in [4.69, 9.17) is 11.6 Å². The highest BCUT2D eigenvalue weighted by molar-refractivity contribution is 7.16. The smallest absolute Gasteiger partial charge is 0.0934 e. The van der Waals surface area contributed by atoms with Gasteiger partial charge in [-0.05, 0) is 43.7 Å². The summed E-state index contributed by atoms with van der Waals surface area (Å²) in [5.41, 5.74) is 1.45. The first-order valence-corrected chi connectivity index (χ1v) is 7.83. The normalized spacial score (nSPS) is 22.5. The van der Waals surface area contributed by atoms with Gasteiger partial charge in [-0.3, -0.25) is 0 Å². The Kier molecular flexibility index (Phi) is 4.51. The van der Waals surface area contributed by atoms with Crippen LogP contribution in [0.15, 0.2) is 6.07 Å². The molecule has 0 radical (unpaired) electrons. The lowest BCUT2D eigenvalue weighted by Crippen LogP contribution is -2.30. The summed E-state index contributed by atoms with van der Waals surface area (Å²) >= 11 is 7.83. The Labute approximate surface area is 114 Å². The molecule has 0 aliphatic heterocycles. The van der Waals surface area contributed by atoms with Crippen molar-refractivity contribution in [1.82, 2.24) is 5.32 Å². The lowest BCUT2D eigenvalue weighted by molar-refractivity contribution is 0.374. The Hall–Kier alpha value is -0.0500. The van der Waals surface area contributed by atoms with Crippen LogP contribution in [0.5, 0.6) is 0 Å². The standard InChI is InChI=1S/C14H22ClNS/c1-4-9(2)7-10(3)16-12-5-6-13-11(12)8-14(15)17-13/h8-10,12,16H,4-7H2,1-3H3. The summed E-state index contributed by atoms with van der Waals surface area (Å²) in [6, 6.07) is 3.29. The molecule has 3 atom stereocenters. The number of hydrogen-bond donors (Lipinski definition) is 1. The number of halogens is 1. The summed E-state index contributed by atoms with van der Waals surface area (Å²) in [4.78, 5) is 1.49. The van der Waals surface area contributed by atoms with Crippen molar-refractivity contribution < 1.29 is 0 Å². The van der Waals surface area contributed by atoms with Gasteiger partial charge in [-0.15, -0.1) is 11.3 Å². The first kappa shape index (κ1) is 13.4. The third-order valence-electron chi connectivity index (χ3n) is 3.79.